The first-order valence-electron chi connectivity index (χ1n) is 7.86. The number of anilines is 1. The Kier molecular flexibility index (Phi) is 6.11. The van der Waals surface area contributed by atoms with Crippen LogP contribution in [0.4, 0.5) is 10.1 Å². The van der Waals surface area contributed by atoms with E-state index in [4.69, 9.17) is 4.74 Å². The molecule has 0 fully saturated rings. The molecule has 0 unspecified atom stereocenters. The van der Waals surface area contributed by atoms with Crippen molar-refractivity contribution in [3.8, 4) is 5.75 Å². The number of carbonyl (C=O) groups is 2. The number of nitrogens with one attached hydrogen (secondary N) is 1. The second kappa shape index (κ2) is 8.28. The summed E-state index contributed by atoms with van der Waals surface area (Å²) in [5.41, 5.74) is 2.64. The molecule has 0 aliphatic rings. The highest BCUT2D eigenvalue weighted by molar-refractivity contribution is 5.95. The standard InChI is InChI=1S/C19H21FN2O3/c1-13-7-6-8-14(2)19(13)21-17(23)11-22(3)18(24)12-25-16-10-5-4-9-15(16)20/h4-10H,11-12H2,1-3H3,(H,21,23). The van der Waals surface area contributed by atoms with Crippen LogP contribution in [0.15, 0.2) is 42.5 Å². The van der Waals surface area contributed by atoms with Crippen LogP contribution < -0.4 is 10.1 Å². The molecule has 5 nitrogen and oxygen atoms in total. The van der Waals surface area contributed by atoms with E-state index in [1.807, 2.05) is 32.0 Å². The van der Waals surface area contributed by atoms with Gasteiger partial charge in [-0.15, -0.1) is 0 Å². The van der Waals surface area contributed by atoms with E-state index in [9.17, 15) is 14.0 Å². The Labute approximate surface area is 146 Å². The van der Waals surface area contributed by atoms with E-state index in [1.165, 1.54) is 30.1 Å². The average molecular weight is 344 g/mol. The maximum absolute atomic E-state index is 13.5. The summed E-state index contributed by atoms with van der Waals surface area (Å²) in [5.74, 6) is -1.26. The second-order valence-electron chi connectivity index (χ2n) is 5.78. The average Bonchev–Trinajstić information content (AvgIpc) is 2.57. The third-order valence-corrected chi connectivity index (χ3v) is 3.74. The van der Waals surface area contributed by atoms with Crippen molar-refractivity contribution in [3.63, 3.8) is 0 Å². The topological polar surface area (TPSA) is 58.6 Å². The smallest absolute Gasteiger partial charge is 0.260 e. The van der Waals surface area contributed by atoms with Crippen LogP contribution in [0.5, 0.6) is 5.75 Å². The number of para-hydroxylation sites is 2. The van der Waals surface area contributed by atoms with Crippen molar-refractivity contribution in [2.75, 3.05) is 25.5 Å². The Morgan fingerprint density at radius 3 is 2.36 bits per heavy atom. The summed E-state index contributed by atoms with van der Waals surface area (Å²) in [4.78, 5) is 25.4. The predicted octanol–water partition coefficient (Wildman–Crippen LogP) is 2.92. The van der Waals surface area contributed by atoms with E-state index in [2.05, 4.69) is 5.32 Å². The second-order valence-corrected chi connectivity index (χ2v) is 5.78. The van der Waals surface area contributed by atoms with E-state index >= 15 is 0 Å². The van der Waals surface area contributed by atoms with E-state index in [0.29, 0.717) is 0 Å². The highest BCUT2D eigenvalue weighted by Crippen LogP contribution is 2.19. The lowest BCUT2D eigenvalue weighted by atomic mass is 10.1. The Morgan fingerprint density at radius 2 is 1.72 bits per heavy atom. The molecule has 2 aromatic rings. The van der Waals surface area contributed by atoms with Gasteiger partial charge >= 0.3 is 0 Å². The number of ether oxygens (including phenoxy) is 1. The molecule has 0 heterocycles. The zero-order valence-electron chi connectivity index (χ0n) is 14.5. The summed E-state index contributed by atoms with van der Waals surface area (Å²) in [5, 5.41) is 2.81. The van der Waals surface area contributed by atoms with Crippen LogP contribution in [-0.4, -0.2) is 36.9 Å². The van der Waals surface area contributed by atoms with Gasteiger partial charge in [-0.25, -0.2) is 4.39 Å². The molecule has 1 N–H and O–H groups in total. The van der Waals surface area contributed by atoms with Crippen molar-refractivity contribution in [2.24, 2.45) is 0 Å². The van der Waals surface area contributed by atoms with E-state index in [1.54, 1.807) is 6.07 Å². The van der Waals surface area contributed by atoms with Gasteiger partial charge in [0.15, 0.2) is 18.2 Å². The SMILES string of the molecule is Cc1cccc(C)c1NC(=O)CN(C)C(=O)COc1ccccc1F. The van der Waals surface area contributed by atoms with Crippen molar-refractivity contribution in [1.29, 1.82) is 0 Å². The van der Waals surface area contributed by atoms with Gasteiger partial charge in [0.05, 0.1) is 6.54 Å². The highest BCUT2D eigenvalue weighted by Gasteiger charge is 2.15. The quantitative estimate of drug-likeness (QED) is 0.877. The summed E-state index contributed by atoms with van der Waals surface area (Å²) in [6.07, 6.45) is 0. The summed E-state index contributed by atoms with van der Waals surface area (Å²) in [6, 6.07) is 11.6. The molecule has 2 rings (SSSR count). The first-order valence-corrected chi connectivity index (χ1v) is 7.86. The number of hydrogen-bond donors (Lipinski definition) is 1. The first kappa shape index (κ1) is 18.4. The molecule has 0 radical (unpaired) electrons. The van der Waals surface area contributed by atoms with Gasteiger partial charge in [0.25, 0.3) is 5.91 Å². The van der Waals surface area contributed by atoms with Crippen LogP contribution in [0.25, 0.3) is 0 Å². The minimum Gasteiger partial charge on any atom is -0.481 e. The molecule has 0 spiro atoms. The number of carbonyl (C=O) groups excluding carboxylic acids is 2. The summed E-state index contributed by atoms with van der Waals surface area (Å²) in [6.45, 7) is 3.35. The van der Waals surface area contributed by atoms with Crippen LogP contribution in [0.3, 0.4) is 0 Å². The zero-order chi connectivity index (χ0) is 18.4. The van der Waals surface area contributed by atoms with E-state index in [0.717, 1.165) is 16.8 Å². The van der Waals surface area contributed by atoms with Gasteiger partial charge in [0, 0.05) is 12.7 Å². The van der Waals surface area contributed by atoms with E-state index < -0.39 is 11.7 Å². The summed E-state index contributed by atoms with van der Waals surface area (Å²) >= 11 is 0. The Bertz CT molecular complexity index is 757. The molecule has 0 aliphatic carbocycles. The first-order chi connectivity index (χ1) is 11.9. The van der Waals surface area contributed by atoms with Gasteiger partial charge in [-0.3, -0.25) is 9.59 Å². The molecule has 0 atom stereocenters. The molecule has 25 heavy (non-hydrogen) atoms. The van der Waals surface area contributed by atoms with Gasteiger partial charge < -0.3 is 15.0 Å². The minimum atomic E-state index is -0.536. The zero-order valence-corrected chi connectivity index (χ0v) is 14.5. The van der Waals surface area contributed by atoms with Crippen molar-refractivity contribution in [1.82, 2.24) is 4.90 Å². The molecule has 6 heteroatoms. The lowest BCUT2D eigenvalue weighted by molar-refractivity contribution is -0.135. The number of rotatable bonds is 6. The van der Waals surface area contributed by atoms with Gasteiger partial charge in [0.2, 0.25) is 5.91 Å². The number of aryl methyl sites for hydroxylation is 2. The molecular formula is C19H21FN2O3. The molecule has 0 bridgehead atoms. The van der Waals surface area contributed by atoms with Gasteiger partial charge in [-0.2, -0.15) is 0 Å². The number of nitrogens with zero attached hydrogens (tertiary/aromatic N) is 1. The fraction of sp³-hybridized carbons (Fsp3) is 0.263. The van der Waals surface area contributed by atoms with Gasteiger partial charge in [-0.1, -0.05) is 30.3 Å². The number of amides is 2. The van der Waals surface area contributed by atoms with Gasteiger partial charge in [0.1, 0.15) is 0 Å². The van der Waals surface area contributed by atoms with Crippen LogP contribution in [-0.2, 0) is 9.59 Å². The Balaban J connectivity index is 1.88. The monoisotopic (exact) mass is 344 g/mol. The van der Waals surface area contributed by atoms with Crippen molar-refractivity contribution < 1.29 is 18.7 Å². The summed E-state index contributed by atoms with van der Waals surface area (Å²) in [7, 11) is 1.50. The maximum atomic E-state index is 13.5. The molecule has 0 saturated carbocycles. The summed E-state index contributed by atoms with van der Waals surface area (Å²) < 4.78 is 18.6. The number of likely N-dealkylation sites (N-methyl/N-ethyl adjacent to an activating group) is 1. The molecule has 0 saturated heterocycles. The fourth-order valence-corrected chi connectivity index (χ4v) is 2.31. The predicted molar refractivity (Wildman–Crippen MR) is 94.1 cm³/mol. The van der Waals surface area contributed by atoms with Crippen LogP contribution >= 0.6 is 0 Å². The number of benzene rings is 2. The van der Waals surface area contributed by atoms with Crippen LogP contribution in [0.1, 0.15) is 11.1 Å². The Hall–Kier alpha value is -2.89. The molecule has 2 aromatic carbocycles. The largest absolute Gasteiger partial charge is 0.481 e. The van der Waals surface area contributed by atoms with Crippen molar-refractivity contribution >= 4 is 17.5 Å². The third-order valence-electron chi connectivity index (χ3n) is 3.74. The number of halogens is 1. The lowest BCUT2D eigenvalue weighted by Crippen LogP contribution is -2.37. The van der Waals surface area contributed by atoms with E-state index in [-0.39, 0.29) is 24.8 Å². The lowest BCUT2D eigenvalue weighted by Gasteiger charge is -2.18. The molecule has 2 amide bonds. The maximum Gasteiger partial charge on any atom is 0.260 e. The van der Waals surface area contributed by atoms with Crippen molar-refractivity contribution in [3.05, 3.63) is 59.4 Å². The van der Waals surface area contributed by atoms with Crippen LogP contribution in [0, 0.1) is 19.7 Å². The number of hydrogen-bond acceptors (Lipinski definition) is 3. The molecule has 0 aromatic heterocycles. The highest BCUT2D eigenvalue weighted by atomic mass is 19.1. The molecular weight excluding hydrogens is 323 g/mol. The van der Waals surface area contributed by atoms with Crippen LogP contribution in [0.2, 0.25) is 0 Å². The normalized spacial score (nSPS) is 10.2. The fourth-order valence-electron chi connectivity index (χ4n) is 2.31. The third kappa shape index (κ3) is 5.04. The Morgan fingerprint density at radius 1 is 1.08 bits per heavy atom. The molecule has 132 valence electrons. The van der Waals surface area contributed by atoms with Gasteiger partial charge in [-0.05, 0) is 37.1 Å². The minimum absolute atomic E-state index is 0.00392. The molecule has 0 aliphatic heterocycles. The van der Waals surface area contributed by atoms with Crippen molar-refractivity contribution in [2.45, 2.75) is 13.8 Å².